The predicted octanol–water partition coefficient (Wildman–Crippen LogP) is 1.29. The van der Waals surface area contributed by atoms with Crippen LogP contribution < -0.4 is 0 Å². The van der Waals surface area contributed by atoms with Gasteiger partial charge in [0, 0.05) is 12.7 Å². The van der Waals surface area contributed by atoms with E-state index in [4.69, 9.17) is 0 Å². The largest absolute Gasteiger partial charge is 0.298 e. The van der Waals surface area contributed by atoms with Gasteiger partial charge in [-0.25, -0.2) is 8.42 Å². The molecule has 0 aliphatic rings. The Labute approximate surface area is 87.7 Å². The van der Waals surface area contributed by atoms with Crippen LogP contribution in [0.2, 0.25) is 0 Å². The summed E-state index contributed by atoms with van der Waals surface area (Å²) in [6.07, 6.45) is 1.29. The highest BCUT2D eigenvalue weighted by molar-refractivity contribution is 7.92. The van der Waals surface area contributed by atoms with E-state index in [1.54, 1.807) is 0 Å². The lowest BCUT2D eigenvalue weighted by atomic mass is 10.1. The number of hydrogen-bond donors (Lipinski definition) is 0. The van der Waals surface area contributed by atoms with E-state index in [0.717, 1.165) is 11.8 Å². The predicted molar refractivity (Wildman–Crippen MR) is 57.3 cm³/mol. The molecule has 0 aliphatic carbocycles. The Morgan fingerprint density at radius 3 is 2.64 bits per heavy atom. The van der Waals surface area contributed by atoms with E-state index >= 15 is 0 Å². The number of thiophene rings is 1. The second kappa shape index (κ2) is 4.23. The zero-order valence-corrected chi connectivity index (χ0v) is 9.69. The van der Waals surface area contributed by atoms with Gasteiger partial charge in [0.1, 0.15) is 5.25 Å². The number of carbonyl (C=O) groups is 1. The molecule has 0 amide bonds. The lowest BCUT2D eigenvalue weighted by Gasteiger charge is -2.06. The Morgan fingerprint density at radius 2 is 2.21 bits per heavy atom. The Morgan fingerprint density at radius 1 is 1.57 bits per heavy atom. The van der Waals surface area contributed by atoms with Crippen LogP contribution in [-0.4, -0.2) is 25.7 Å². The van der Waals surface area contributed by atoms with Gasteiger partial charge in [-0.05, 0) is 29.3 Å². The lowest BCUT2D eigenvalue weighted by molar-refractivity contribution is -0.117. The maximum absolute atomic E-state index is 11.5. The van der Waals surface area contributed by atoms with E-state index in [2.05, 4.69) is 0 Å². The molecule has 0 N–H and O–H groups in total. The van der Waals surface area contributed by atoms with Crippen molar-refractivity contribution in [3.8, 4) is 0 Å². The molecule has 1 aromatic rings. The summed E-state index contributed by atoms with van der Waals surface area (Å²) < 4.78 is 22.2. The highest BCUT2D eigenvalue weighted by atomic mass is 32.2. The van der Waals surface area contributed by atoms with Crippen LogP contribution in [0, 0.1) is 0 Å². The lowest BCUT2D eigenvalue weighted by Crippen LogP contribution is -2.27. The summed E-state index contributed by atoms with van der Waals surface area (Å²) in [6.45, 7) is 1.43. The fourth-order valence-electron chi connectivity index (χ4n) is 0.977. The van der Waals surface area contributed by atoms with Gasteiger partial charge in [-0.3, -0.25) is 4.79 Å². The van der Waals surface area contributed by atoms with E-state index in [0.29, 0.717) is 0 Å². The summed E-state index contributed by atoms with van der Waals surface area (Å²) in [5.74, 6) is -0.245. The number of hydrogen-bond acceptors (Lipinski definition) is 4. The fourth-order valence-corrected chi connectivity index (χ4v) is 2.21. The monoisotopic (exact) mass is 232 g/mol. The van der Waals surface area contributed by atoms with Gasteiger partial charge in [0.05, 0.1) is 0 Å². The number of Topliss-reactive ketones (excluding diaryl/α,β-unsaturated/α-hetero) is 1. The van der Waals surface area contributed by atoms with Crippen LogP contribution in [0.5, 0.6) is 0 Å². The summed E-state index contributed by atoms with van der Waals surface area (Å²) in [5, 5.41) is 2.82. The molecular formula is C9H12O3S2. The van der Waals surface area contributed by atoms with Crippen LogP contribution in [0.1, 0.15) is 12.5 Å². The maximum Gasteiger partial charge on any atom is 0.157 e. The first-order valence-corrected chi connectivity index (χ1v) is 7.03. The minimum absolute atomic E-state index is 0.206. The third kappa shape index (κ3) is 2.92. The standard InChI is InChI=1S/C9H12O3S2/c1-7(14(2,11)12)9(10)5-8-3-4-13-6-8/h3-4,6-7H,5H2,1-2H3. The molecule has 0 saturated carbocycles. The molecule has 1 heterocycles. The van der Waals surface area contributed by atoms with Crippen molar-refractivity contribution in [1.29, 1.82) is 0 Å². The van der Waals surface area contributed by atoms with Gasteiger partial charge in [0.2, 0.25) is 0 Å². The molecule has 3 nitrogen and oxygen atoms in total. The summed E-state index contributed by atoms with van der Waals surface area (Å²) in [5.41, 5.74) is 0.885. The fraction of sp³-hybridized carbons (Fsp3) is 0.444. The van der Waals surface area contributed by atoms with Crippen LogP contribution >= 0.6 is 11.3 Å². The van der Waals surface area contributed by atoms with Gasteiger partial charge < -0.3 is 0 Å². The first-order chi connectivity index (χ1) is 6.41. The van der Waals surface area contributed by atoms with E-state index in [9.17, 15) is 13.2 Å². The molecule has 1 unspecified atom stereocenters. The minimum Gasteiger partial charge on any atom is -0.298 e. The molecule has 0 aliphatic heterocycles. The molecule has 0 bridgehead atoms. The van der Waals surface area contributed by atoms with Crippen LogP contribution in [0.4, 0.5) is 0 Å². The molecule has 0 radical (unpaired) electrons. The van der Waals surface area contributed by atoms with Crippen molar-refractivity contribution in [3.63, 3.8) is 0 Å². The average Bonchev–Trinajstić information content (AvgIpc) is 2.53. The molecule has 1 aromatic heterocycles. The zero-order chi connectivity index (χ0) is 10.8. The number of rotatable bonds is 4. The second-order valence-electron chi connectivity index (χ2n) is 3.25. The van der Waals surface area contributed by atoms with Crippen LogP contribution in [-0.2, 0) is 21.1 Å². The number of ketones is 1. The molecular weight excluding hydrogens is 220 g/mol. The van der Waals surface area contributed by atoms with Gasteiger partial charge in [-0.1, -0.05) is 0 Å². The summed E-state index contributed by atoms with van der Waals surface area (Å²) in [6, 6.07) is 1.83. The first-order valence-electron chi connectivity index (χ1n) is 4.14. The second-order valence-corrected chi connectivity index (χ2v) is 6.39. The number of carbonyl (C=O) groups excluding carboxylic acids is 1. The van der Waals surface area contributed by atoms with Gasteiger partial charge in [0.15, 0.2) is 15.6 Å². The number of sulfone groups is 1. The topological polar surface area (TPSA) is 51.2 Å². The summed E-state index contributed by atoms with van der Waals surface area (Å²) >= 11 is 1.50. The molecule has 78 valence electrons. The minimum atomic E-state index is -3.25. The molecule has 1 rings (SSSR count). The highest BCUT2D eigenvalue weighted by Gasteiger charge is 2.23. The highest BCUT2D eigenvalue weighted by Crippen LogP contribution is 2.10. The van der Waals surface area contributed by atoms with Gasteiger partial charge in [-0.15, -0.1) is 0 Å². The van der Waals surface area contributed by atoms with Crippen LogP contribution in [0.25, 0.3) is 0 Å². The third-order valence-corrected chi connectivity index (χ3v) is 4.33. The maximum atomic E-state index is 11.5. The molecule has 1 atom stereocenters. The van der Waals surface area contributed by atoms with Crippen molar-refractivity contribution < 1.29 is 13.2 Å². The normalized spacial score (nSPS) is 13.9. The Balaban J connectivity index is 2.69. The Hall–Kier alpha value is -0.680. The van der Waals surface area contributed by atoms with Crippen LogP contribution in [0.15, 0.2) is 16.8 Å². The van der Waals surface area contributed by atoms with Crippen molar-refractivity contribution in [2.45, 2.75) is 18.6 Å². The summed E-state index contributed by atoms with van der Waals surface area (Å²) in [4.78, 5) is 11.5. The van der Waals surface area contributed by atoms with Crippen molar-refractivity contribution >= 4 is 27.0 Å². The molecule has 14 heavy (non-hydrogen) atoms. The molecule has 0 aromatic carbocycles. The first kappa shape index (κ1) is 11.4. The van der Waals surface area contributed by atoms with Crippen molar-refractivity contribution in [2.24, 2.45) is 0 Å². The summed E-state index contributed by atoms with van der Waals surface area (Å²) in [7, 11) is -3.25. The molecule has 5 heteroatoms. The van der Waals surface area contributed by atoms with Gasteiger partial charge in [-0.2, -0.15) is 11.3 Å². The average molecular weight is 232 g/mol. The molecule has 0 spiro atoms. The van der Waals surface area contributed by atoms with E-state index in [-0.39, 0.29) is 12.2 Å². The molecule has 0 saturated heterocycles. The van der Waals surface area contributed by atoms with E-state index in [1.165, 1.54) is 18.3 Å². The van der Waals surface area contributed by atoms with Gasteiger partial charge >= 0.3 is 0 Å². The van der Waals surface area contributed by atoms with Crippen molar-refractivity contribution in [1.82, 2.24) is 0 Å². The quantitative estimate of drug-likeness (QED) is 0.786. The van der Waals surface area contributed by atoms with E-state index in [1.807, 2.05) is 16.8 Å². The third-order valence-electron chi connectivity index (χ3n) is 2.05. The van der Waals surface area contributed by atoms with Crippen molar-refractivity contribution in [2.75, 3.05) is 6.26 Å². The van der Waals surface area contributed by atoms with Crippen LogP contribution in [0.3, 0.4) is 0 Å². The molecule has 0 fully saturated rings. The van der Waals surface area contributed by atoms with Crippen molar-refractivity contribution in [3.05, 3.63) is 22.4 Å². The Bertz CT molecular complexity index is 403. The van der Waals surface area contributed by atoms with E-state index < -0.39 is 15.1 Å². The SMILES string of the molecule is CC(C(=O)Cc1ccsc1)S(C)(=O)=O. The smallest absolute Gasteiger partial charge is 0.157 e. The zero-order valence-electron chi connectivity index (χ0n) is 8.06. The van der Waals surface area contributed by atoms with Gasteiger partial charge in [0.25, 0.3) is 0 Å². The Kier molecular flexibility index (Phi) is 3.44.